The second kappa shape index (κ2) is 7.88. The predicted molar refractivity (Wildman–Crippen MR) is 110 cm³/mol. The van der Waals surface area contributed by atoms with Gasteiger partial charge in [0.1, 0.15) is 0 Å². The van der Waals surface area contributed by atoms with Crippen molar-refractivity contribution in [1.82, 2.24) is 5.32 Å². The summed E-state index contributed by atoms with van der Waals surface area (Å²) in [4.78, 5) is 24.9. The molecule has 0 aromatic heterocycles. The Kier molecular flexibility index (Phi) is 5.71. The third-order valence-corrected chi connectivity index (χ3v) is 5.54. The number of aliphatic hydroxyl groups excluding tert-OH is 1. The molecule has 0 radical (unpaired) electrons. The molecule has 0 bridgehead atoms. The minimum Gasteiger partial charge on any atom is -0.392 e. The van der Waals surface area contributed by atoms with E-state index in [2.05, 4.69) is 50.4 Å². The monoisotopic (exact) mass is 379 g/mol. The Balaban J connectivity index is 1.56. The predicted octanol–water partition coefficient (Wildman–Crippen LogP) is 3.89. The summed E-state index contributed by atoms with van der Waals surface area (Å²) in [6.45, 7) is 8.29. The SMILES string of the molecule is Cc1ccc(CO)cc1C(=O)CNC(=O)C1CC1c1ccc(C(C)(C)C)cc1. The van der Waals surface area contributed by atoms with E-state index in [-0.39, 0.29) is 42.1 Å². The number of hydrogen-bond donors (Lipinski definition) is 2. The molecule has 0 saturated heterocycles. The van der Waals surface area contributed by atoms with Gasteiger partial charge in [0.25, 0.3) is 0 Å². The highest BCUT2D eigenvalue weighted by atomic mass is 16.3. The Morgan fingerprint density at radius 3 is 2.39 bits per heavy atom. The van der Waals surface area contributed by atoms with E-state index in [0.29, 0.717) is 11.1 Å². The summed E-state index contributed by atoms with van der Waals surface area (Å²) in [5.74, 6) is -0.0103. The van der Waals surface area contributed by atoms with Gasteiger partial charge in [0.2, 0.25) is 5.91 Å². The van der Waals surface area contributed by atoms with Crippen LogP contribution in [0.3, 0.4) is 0 Å². The number of Topliss-reactive ketones (excluding diaryl/α,β-unsaturated/α-hetero) is 1. The largest absolute Gasteiger partial charge is 0.392 e. The Labute approximate surface area is 167 Å². The first-order valence-electron chi connectivity index (χ1n) is 9.82. The maximum atomic E-state index is 12.5. The molecule has 1 fully saturated rings. The Morgan fingerprint density at radius 2 is 1.79 bits per heavy atom. The number of aryl methyl sites for hydroxylation is 1. The second-order valence-corrected chi connectivity index (χ2v) is 8.77. The van der Waals surface area contributed by atoms with Gasteiger partial charge in [0, 0.05) is 11.5 Å². The van der Waals surface area contributed by atoms with E-state index in [1.165, 1.54) is 11.1 Å². The number of ketones is 1. The van der Waals surface area contributed by atoms with Crippen molar-refractivity contribution in [3.63, 3.8) is 0 Å². The molecule has 28 heavy (non-hydrogen) atoms. The van der Waals surface area contributed by atoms with Gasteiger partial charge in [-0.15, -0.1) is 0 Å². The van der Waals surface area contributed by atoms with Crippen LogP contribution in [0.5, 0.6) is 0 Å². The number of aliphatic hydroxyl groups is 1. The van der Waals surface area contributed by atoms with Crippen LogP contribution in [0, 0.1) is 12.8 Å². The van der Waals surface area contributed by atoms with Gasteiger partial charge in [0.15, 0.2) is 5.78 Å². The fourth-order valence-electron chi connectivity index (χ4n) is 3.55. The molecule has 2 aromatic carbocycles. The lowest BCUT2D eigenvalue weighted by Crippen LogP contribution is -2.31. The van der Waals surface area contributed by atoms with Crippen molar-refractivity contribution in [2.75, 3.05) is 6.54 Å². The van der Waals surface area contributed by atoms with E-state index < -0.39 is 0 Å². The lowest BCUT2D eigenvalue weighted by atomic mass is 9.86. The van der Waals surface area contributed by atoms with Gasteiger partial charge in [0.05, 0.1) is 13.2 Å². The van der Waals surface area contributed by atoms with Crippen molar-refractivity contribution < 1.29 is 14.7 Å². The normalized spacial score (nSPS) is 18.6. The number of carbonyl (C=O) groups excluding carboxylic acids is 2. The molecule has 148 valence electrons. The minimum atomic E-state index is -0.132. The highest BCUT2D eigenvalue weighted by molar-refractivity contribution is 6.01. The number of amides is 1. The molecule has 1 aliphatic rings. The second-order valence-electron chi connectivity index (χ2n) is 8.77. The molecule has 2 unspecified atom stereocenters. The molecule has 0 aliphatic heterocycles. The third kappa shape index (κ3) is 4.50. The highest BCUT2D eigenvalue weighted by Gasteiger charge is 2.43. The van der Waals surface area contributed by atoms with Crippen LogP contribution >= 0.6 is 0 Å². The van der Waals surface area contributed by atoms with E-state index in [1.54, 1.807) is 12.1 Å². The molecule has 4 nitrogen and oxygen atoms in total. The van der Waals surface area contributed by atoms with Crippen molar-refractivity contribution in [3.8, 4) is 0 Å². The average molecular weight is 380 g/mol. The van der Waals surface area contributed by atoms with Gasteiger partial charge in [-0.1, -0.05) is 57.2 Å². The standard InChI is InChI=1S/C24H29NO3/c1-15-5-6-16(14-26)11-19(15)22(27)13-25-23(28)21-12-20(21)17-7-9-18(10-8-17)24(2,3)4/h5-11,20-21,26H,12-14H2,1-4H3,(H,25,28). The minimum absolute atomic E-state index is 0.0132. The fraction of sp³-hybridized carbons (Fsp3) is 0.417. The summed E-state index contributed by atoms with van der Waals surface area (Å²) in [7, 11) is 0. The van der Waals surface area contributed by atoms with Gasteiger partial charge >= 0.3 is 0 Å². The topological polar surface area (TPSA) is 66.4 Å². The van der Waals surface area contributed by atoms with Gasteiger partial charge in [-0.2, -0.15) is 0 Å². The molecule has 2 atom stereocenters. The van der Waals surface area contributed by atoms with Crippen molar-refractivity contribution in [3.05, 3.63) is 70.3 Å². The molecule has 2 N–H and O–H groups in total. The van der Waals surface area contributed by atoms with Crippen LogP contribution in [0.25, 0.3) is 0 Å². The zero-order valence-corrected chi connectivity index (χ0v) is 17.1. The van der Waals surface area contributed by atoms with Crippen molar-refractivity contribution in [2.24, 2.45) is 5.92 Å². The lowest BCUT2D eigenvalue weighted by Gasteiger charge is -2.19. The Hall–Kier alpha value is -2.46. The summed E-state index contributed by atoms with van der Waals surface area (Å²) in [5, 5.41) is 12.0. The number of rotatable bonds is 6. The molecular formula is C24H29NO3. The zero-order chi connectivity index (χ0) is 20.5. The van der Waals surface area contributed by atoms with E-state index in [9.17, 15) is 14.7 Å². The third-order valence-electron chi connectivity index (χ3n) is 5.54. The zero-order valence-electron chi connectivity index (χ0n) is 17.1. The summed E-state index contributed by atoms with van der Waals surface area (Å²) in [6.07, 6.45) is 0.827. The molecule has 4 heteroatoms. The Bertz CT molecular complexity index is 878. The van der Waals surface area contributed by atoms with Crippen LogP contribution in [0.4, 0.5) is 0 Å². The van der Waals surface area contributed by atoms with E-state index in [1.807, 2.05) is 13.0 Å². The average Bonchev–Trinajstić information content (AvgIpc) is 3.46. The van der Waals surface area contributed by atoms with Crippen molar-refractivity contribution in [1.29, 1.82) is 0 Å². The molecule has 2 aromatic rings. The molecule has 1 amide bonds. The van der Waals surface area contributed by atoms with Crippen LogP contribution < -0.4 is 5.32 Å². The summed E-state index contributed by atoms with van der Waals surface area (Å²) in [5.41, 5.74) is 4.68. The van der Waals surface area contributed by atoms with E-state index >= 15 is 0 Å². The highest BCUT2D eigenvalue weighted by Crippen LogP contribution is 2.47. The van der Waals surface area contributed by atoms with Crippen LogP contribution in [0.1, 0.15) is 65.7 Å². The maximum Gasteiger partial charge on any atom is 0.224 e. The van der Waals surface area contributed by atoms with Gasteiger partial charge in [-0.25, -0.2) is 0 Å². The van der Waals surface area contributed by atoms with Gasteiger partial charge < -0.3 is 10.4 Å². The lowest BCUT2D eigenvalue weighted by molar-refractivity contribution is -0.122. The summed E-state index contributed by atoms with van der Waals surface area (Å²) >= 11 is 0. The molecule has 0 heterocycles. The number of hydrogen-bond acceptors (Lipinski definition) is 3. The van der Waals surface area contributed by atoms with E-state index in [0.717, 1.165) is 12.0 Å². The Morgan fingerprint density at radius 1 is 1.11 bits per heavy atom. The van der Waals surface area contributed by atoms with Gasteiger partial charge in [-0.3, -0.25) is 9.59 Å². The number of carbonyl (C=O) groups is 2. The maximum absolute atomic E-state index is 12.5. The number of nitrogens with one attached hydrogen (secondary N) is 1. The molecule has 3 rings (SSSR count). The van der Waals surface area contributed by atoms with Crippen LogP contribution in [-0.2, 0) is 16.8 Å². The van der Waals surface area contributed by atoms with Crippen LogP contribution in [0.15, 0.2) is 42.5 Å². The number of benzene rings is 2. The van der Waals surface area contributed by atoms with E-state index in [4.69, 9.17) is 0 Å². The quantitative estimate of drug-likeness (QED) is 0.749. The smallest absolute Gasteiger partial charge is 0.224 e. The van der Waals surface area contributed by atoms with Gasteiger partial charge in [-0.05, 0) is 53.0 Å². The molecule has 1 aliphatic carbocycles. The molecule has 0 spiro atoms. The molecule has 1 saturated carbocycles. The van der Waals surface area contributed by atoms with Crippen LogP contribution in [0.2, 0.25) is 0 Å². The summed E-state index contributed by atoms with van der Waals surface area (Å²) in [6, 6.07) is 13.8. The first-order valence-corrected chi connectivity index (χ1v) is 9.82. The first-order chi connectivity index (χ1) is 13.2. The van der Waals surface area contributed by atoms with Crippen molar-refractivity contribution in [2.45, 2.75) is 52.1 Å². The fourth-order valence-corrected chi connectivity index (χ4v) is 3.55. The van der Waals surface area contributed by atoms with Crippen LogP contribution in [-0.4, -0.2) is 23.3 Å². The first kappa shape index (κ1) is 20.3. The molecular weight excluding hydrogens is 350 g/mol. The summed E-state index contributed by atoms with van der Waals surface area (Å²) < 4.78 is 0. The van der Waals surface area contributed by atoms with Crippen molar-refractivity contribution >= 4 is 11.7 Å².